The van der Waals surface area contributed by atoms with Crippen molar-refractivity contribution in [2.75, 3.05) is 5.32 Å². The fourth-order valence-electron chi connectivity index (χ4n) is 2.50. The Hall–Kier alpha value is -2.88. The molecule has 1 aromatic carbocycles. The van der Waals surface area contributed by atoms with Gasteiger partial charge in [-0.05, 0) is 29.0 Å². The van der Waals surface area contributed by atoms with E-state index in [1.54, 1.807) is 18.3 Å². The average Bonchev–Trinajstić information content (AvgIpc) is 3.14. The summed E-state index contributed by atoms with van der Waals surface area (Å²) in [6, 6.07) is 6.74. The van der Waals surface area contributed by atoms with Gasteiger partial charge in [-0.25, -0.2) is 15.0 Å². The normalized spacial score (nSPS) is 10.9. The van der Waals surface area contributed by atoms with Crippen LogP contribution in [0.3, 0.4) is 0 Å². The molecule has 4 aromatic rings. The maximum atomic E-state index is 11.2. The number of halogens is 2. The van der Waals surface area contributed by atoms with Gasteiger partial charge in [-0.3, -0.25) is 15.1 Å². The third-order valence-electron chi connectivity index (χ3n) is 3.80. The quantitative estimate of drug-likeness (QED) is 0.350. The number of anilines is 1. The Labute approximate surface area is 172 Å². The summed E-state index contributed by atoms with van der Waals surface area (Å²) in [5.74, 6) is 0.787. The zero-order chi connectivity index (χ0) is 19.7. The summed E-state index contributed by atoms with van der Waals surface area (Å²) >= 11 is 13.0. The molecule has 0 bridgehead atoms. The molecule has 11 heteroatoms. The molecule has 4 rings (SSSR count). The van der Waals surface area contributed by atoms with Gasteiger partial charge in [0.25, 0.3) is 0 Å². The summed E-state index contributed by atoms with van der Waals surface area (Å²) in [6.07, 6.45) is 4.61. The van der Waals surface area contributed by atoms with Crippen LogP contribution in [0.4, 0.5) is 10.8 Å². The Balaban J connectivity index is 1.75. The van der Waals surface area contributed by atoms with E-state index in [2.05, 4.69) is 25.3 Å². The molecular weight excluding hydrogens is 423 g/mol. The molecule has 0 amide bonds. The van der Waals surface area contributed by atoms with Crippen molar-refractivity contribution in [3.05, 3.63) is 68.6 Å². The number of nitro groups is 1. The Morgan fingerprint density at radius 1 is 1.14 bits per heavy atom. The van der Waals surface area contributed by atoms with Crippen LogP contribution in [0.5, 0.6) is 0 Å². The lowest BCUT2D eigenvalue weighted by molar-refractivity contribution is -0.380. The summed E-state index contributed by atoms with van der Waals surface area (Å²) in [6.45, 7) is 0.395. The molecule has 28 heavy (non-hydrogen) atoms. The molecule has 3 aromatic heterocycles. The van der Waals surface area contributed by atoms with Gasteiger partial charge in [-0.1, -0.05) is 29.3 Å². The van der Waals surface area contributed by atoms with Gasteiger partial charge in [0.2, 0.25) is 0 Å². The average molecular weight is 433 g/mol. The van der Waals surface area contributed by atoms with Crippen molar-refractivity contribution < 1.29 is 4.92 Å². The number of aromatic nitrogens is 4. The van der Waals surface area contributed by atoms with Crippen molar-refractivity contribution in [2.45, 2.75) is 6.54 Å². The highest BCUT2D eigenvalue weighted by Gasteiger charge is 2.18. The third kappa shape index (κ3) is 3.72. The summed E-state index contributed by atoms with van der Waals surface area (Å²) in [5, 5.41) is 15.8. The molecule has 0 atom stereocenters. The second-order valence-electron chi connectivity index (χ2n) is 5.65. The van der Waals surface area contributed by atoms with Crippen LogP contribution in [0, 0.1) is 10.1 Å². The lowest BCUT2D eigenvalue weighted by Gasteiger charge is -2.09. The van der Waals surface area contributed by atoms with Gasteiger partial charge in [0, 0.05) is 25.0 Å². The van der Waals surface area contributed by atoms with E-state index >= 15 is 0 Å². The van der Waals surface area contributed by atoms with Crippen LogP contribution in [0.15, 0.2) is 42.9 Å². The standard InChI is InChI=1S/C17H10Cl2N6O2S/c18-11-2-1-9(5-12(11)19)7-22-15-10-6-14(25(26)27)28-17(10)24-16(23-15)13-8-20-3-4-21-13/h1-6,8H,7H2,(H,22,23,24). The van der Waals surface area contributed by atoms with E-state index in [4.69, 9.17) is 23.2 Å². The van der Waals surface area contributed by atoms with Crippen LogP contribution in [-0.2, 0) is 6.54 Å². The van der Waals surface area contributed by atoms with Crippen LogP contribution >= 0.6 is 34.5 Å². The molecular formula is C17H10Cl2N6O2S. The molecule has 0 unspecified atom stereocenters. The summed E-state index contributed by atoms with van der Waals surface area (Å²) in [4.78, 5) is 28.4. The minimum atomic E-state index is -0.447. The molecule has 0 saturated carbocycles. The lowest BCUT2D eigenvalue weighted by Crippen LogP contribution is -2.04. The van der Waals surface area contributed by atoms with Crippen LogP contribution in [0.1, 0.15) is 5.56 Å². The zero-order valence-corrected chi connectivity index (χ0v) is 16.3. The Morgan fingerprint density at radius 3 is 2.71 bits per heavy atom. The maximum absolute atomic E-state index is 11.2. The molecule has 0 aliphatic carbocycles. The van der Waals surface area contributed by atoms with Crippen LogP contribution in [0.25, 0.3) is 21.7 Å². The third-order valence-corrected chi connectivity index (χ3v) is 5.52. The molecule has 0 aliphatic rings. The van der Waals surface area contributed by atoms with E-state index in [9.17, 15) is 10.1 Å². The second-order valence-corrected chi connectivity index (χ2v) is 7.47. The van der Waals surface area contributed by atoms with E-state index in [0.29, 0.717) is 44.1 Å². The predicted molar refractivity (Wildman–Crippen MR) is 109 cm³/mol. The minimum absolute atomic E-state index is 0.0156. The number of thiophene rings is 1. The van der Waals surface area contributed by atoms with Crippen molar-refractivity contribution >= 4 is 55.6 Å². The number of rotatable bonds is 5. The number of hydrogen-bond donors (Lipinski definition) is 1. The maximum Gasteiger partial charge on any atom is 0.326 e. The van der Waals surface area contributed by atoms with E-state index in [1.807, 2.05) is 6.07 Å². The van der Waals surface area contributed by atoms with Gasteiger partial charge < -0.3 is 5.32 Å². The first kappa shape index (κ1) is 18.5. The number of hydrogen-bond acceptors (Lipinski definition) is 8. The Kier molecular flexibility index (Phi) is 5.03. The van der Waals surface area contributed by atoms with Gasteiger partial charge in [0.05, 0.1) is 26.6 Å². The molecule has 3 heterocycles. The summed E-state index contributed by atoms with van der Waals surface area (Å²) in [7, 11) is 0. The highest BCUT2D eigenvalue weighted by atomic mass is 35.5. The van der Waals surface area contributed by atoms with Gasteiger partial charge in [-0.2, -0.15) is 0 Å². The number of nitrogens with zero attached hydrogens (tertiary/aromatic N) is 5. The highest BCUT2D eigenvalue weighted by molar-refractivity contribution is 7.21. The fourth-order valence-corrected chi connectivity index (χ4v) is 3.67. The van der Waals surface area contributed by atoms with Gasteiger partial charge in [-0.15, -0.1) is 0 Å². The molecule has 8 nitrogen and oxygen atoms in total. The Morgan fingerprint density at radius 2 is 2.00 bits per heavy atom. The fraction of sp³-hybridized carbons (Fsp3) is 0.0588. The Bertz CT molecular complexity index is 1190. The van der Waals surface area contributed by atoms with Crippen molar-refractivity contribution in [3.63, 3.8) is 0 Å². The van der Waals surface area contributed by atoms with Crippen molar-refractivity contribution in [1.29, 1.82) is 0 Å². The smallest absolute Gasteiger partial charge is 0.326 e. The number of benzene rings is 1. The molecule has 0 aliphatic heterocycles. The van der Waals surface area contributed by atoms with Crippen LogP contribution in [0.2, 0.25) is 10.0 Å². The number of fused-ring (bicyclic) bond motifs is 1. The SMILES string of the molecule is O=[N+]([O-])c1cc2c(NCc3ccc(Cl)c(Cl)c3)nc(-c3cnccn3)nc2s1. The molecule has 0 fully saturated rings. The first-order valence-corrected chi connectivity index (χ1v) is 9.48. The number of nitrogens with one attached hydrogen (secondary N) is 1. The largest absolute Gasteiger partial charge is 0.365 e. The van der Waals surface area contributed by atoms with Crippen molar-refractivity contribution in [1.82, 2.24) is 19.9 Å². The topological polar surface area (TPSA) is 107 Å². The van der Waals surface area contributed by atoms with E-state index in [0.717, 1.165) is 16.9 Å². The van der Waals surface area contributed by atoms with Gasteiger partial charge >= 0.3 is 5.00 Å². The van der Waals surface area contributed by atoms with Crippen LogP contribution in [-0.4, -0.2) is 24.9 Å². The minimum Gasteiger partial charge on any atom is -0.365 e. The molecule has 0 radical (unpaired) electrons. The summed E-state index contributed by atoms with van der Waals surface area (Å²) < 4.78 is 0. The first-order chi connectivity index (χ1) is 13.5. The van der Waals surface area contributed by atoms with Gasteiger partial charge in [0.1, 0.15) is 16.3 Å². The monoisotopic (exact) mass is 432 g/mol. The first-order valence-electron chi connectivity index (χ1n) is 7.91. The lowest BCUT2D eigenvalue weighted by atomic mass is 10.2. The molecule has 140 valence electrons. The van der Waals surface area contributed by atoms with Crippen LogP contribution < -0.4 is 5.32 Å². The second kappa shape index (κ2) is 7.63. The molecule has 1 N–H and O–H groups in total. The van der Waals surface area contributed by atoms with Gasteiger partial charge in [0.15, 0.2) is 5.82 Å². The van der Waals surface area contributed by atoms with E-state index < -0.39 is 4.92 Å². The van der Waals surface area contributed by atoms with E-state index in [1.165, 1.54) is 18.5 Å². The predicted octanol–water partition coefficient (Wildman–Crippen LogP) is 4.98. The molecule has 0 spiro atoms. The van der Waals surface area contributed by atoms with E-state index in [-0.39, 0.29) is 5.00 Å². The molecule has 0 saturated heterocycles. The zero-order valence-electron chi connectivity index (χ0n) is 14.0. The summed E-state index contributed by atoms with van der Waals surface area (Å²) in [5.41, 5.74) is 1.35. The van der Waals surface area contributed by atoms with Crippen molar-refractivity contribution in [3.8, 4) is 11.5 Å². The van der Waals surface area contributed by atoms with Crippen molar-refractivity contribution in [2.24, 2.45) is 0 Å². The highest BCUT2D eigenvalue weighted by Crippen LogP contribution is 2.35.